The van der Waals surface area contributed by atoms with Crippen LogP contribution in [0.15, 0.2) is 6.07 Å². The van der Waals surface area contributed by atoms with Gasteiger partial charge in [-0.1, -0.05) is 6.92 Å². The van der Waals surface area contributed by atoms with Gasteiger partial charge in [0, 0.05) is 37.9 Å². The predicted octanol–water partition coefficient (Wildman–Crippen LogP) is 0.577. The minimum absolute atomic E-state index is 0.0874. The third kappa shape index (κ3) is 3.72. The van der Waals surface area contributed by atoms with E-state index in [4.69, 9.17) is 15.5 Å². The quantitative estimate of drug-likeness (QED) is 0.874. The number of hydrogen-bond donors (Lipinski definition) is 1. The van der Waals surface area contributed by atoms with E-state index in [0.29, 0.717) is 19.8 Å². The highest BCUT2D eigenvalue weighted by Gasteiger charge is 2.26. The second-order valence-electron chi connectivity index (χ2n) is 6.16. The van der Waals surface area contributed by atoms with Crippen molar-refractivity contribution in [3.63, 3.8) is 0 Å². The number of nitrogens with two attached hydrogens (primary N) is 1. The minimum Gasteiger partial charge on any atom is -0.378 e. The first kappa shape index (κ1) is 16.0. The van der Waals surface area contributed by atoms with Crippen molar-refractivity contribution in [2.45, 2.75) is 26.2 Å². The van der Waals surface area contributed by atoms with Gasteiger partial charge in [-0.05, 0) is 19.3 Å². The number of morpholine rings is 1. The number of anilines is 2. The Kier molecular flexibility index (Phi) is 4.95. The molecular formula is C16H25N5O2. The summed E-state index contributed by atoms with van der Waals surface area (Å²) in [6.45, 7) is 6.71. The van der Waals surface area contributed by atoms with Crippen molar-refractivity contribution in [1.82, 2.24) is 9.97 Å². The fourth-order valence-corrected chi connectivity index (χ4v) is 3.13. The Bertz CT molecular complexity index is 559. The van der Waals surface area contributed by atoms with Crippen LogP contribution in [-0.4, -0.2) is 55.3 Å². The Morgan fingerprint density at radius 3 is 2.78 bits per heavy atom. The molecule has 1 unspecified atom stereocenters. The third-order valence-electron chi connectivity index (χ3n) is 4.56. The number of aryl methyl sites for hydroxylation is 1. The molecule has 7 heteroatoms. The number of rotatable bonds is 4. The molecule has 1 amide bonds. The molecule has 2 aliphatic rings. The molecule has 3 rings (SSSR count). The highest BCUT2D eigenvalue weighted by Crippen LogP contribution is 2.24. The van der Waals surface area contributed by atoms with Crippen molar-refractivity contribution in [3.8, 4) is 0 Å². The molecule has 1 aromatic rings. The topological polar surface area (TPSA) is 84.6 Å². The summed E-state index contributed by atoms with van der Waals surface area (Å²) in [4.78, 5) is 25.3. The minimum atomic E-state index is -0.215. The number of primary amides is 1. The molecule has 2 aliphatic heterocycles. The molecule has 2 N–H and O–H groups in total. The summed E-state index contributed by atoms with van der Waals surface area (Å²) in [6, 6.07) is 2.04. The highest BCUT2D eigenvalue weighted by molar-refractivity contribution is 5.77. The van der Waals surface area contributed by atoms with Crippen LogP contribution >= 0.6 is 0 Å². The maximum absolute atomic E-state index is 11.5. The van der Waals surface area contributed by atoms with E-state index >= 15 is 0 Å². The van der Waals surface area contributed by atoms with Gasteiger partial charge in [0.15, 0.2) is 0 Å². The van der Waals surface area contributed by atoms with Crippen molar-refractivity contribution in [1.29, 1.82) is 0 Å². The molecule has 1 aromatic heterocycles. The molecule has 23 heavy (non-hydrogen) atoms. The Morgan fingerprint density at radius 2 is 2.09 bits per heavy atom. The van der Waals surface area contributed by atoms with Gasteiger partial charge in [-0.15, -0.1) is 0 Å². The maximum atomic E-state index is 11.5. The van der Waals surface area contributed by atoms with Crippen LogP contribution < -0.4 is 15.5 Å². The summed E-state index contributed by atoms with van der Waals surface area (Å²) >= 11 is 0. The Balaban J connectivity index is 1.84. The molecule has 0 radical (unpaired) electrons. The first-order valence-corrected chi connectivity index (χ1v) is 8.42. The molecule has 0 bridgehead atoms. The van der Waals surface area contributed by atoms with Crippen LogP contribution in [0.4, 0.5) is 11.8 Å². The lowest BCUT2D eigenvalue weighted by Crippen LogP contribution is -2.42. The van der Waals surface area contributed by atoms with Gasteiger partial charge in [-0.3, -0.25) is 4.79 Å². The predicted molar refractivity (Wildman–Crippen MR) is 88.6 cm³/mol. The zero-order valence-corrected chi connectivity index (χ0v) is 13.7. The van der Waals surface area contributed by atoms with Crippen molar-refractivity contribution in [2.24, 2.45) is 11.7 Å². The molecule has 0 aromatic carbocycles. The molecule has 7 nitrogen and oxygen atoms in total. The second-order valence-corrected chi connectivity index (χ2v) is 6.16. The van der Waals surface area contributed by atoms with Gasteiger partial charge in [0.2, 0.25) is 11.9 Å². The van der Waals surface area contributed by atoms with Gasteiger partial charge in [0.05, 0.1) is 19.1 Å². The van der Waals surface area contributed by atoms with E-state index in [1.54, 1.807) is 0 Å². The van der Waals surface area contributed by atoms with Gasteiger partial charge in [0.1, 0.15) is 5.82 Å². The molecule has 2 saturated heterocycles. The summed E-state index contributed by atoms with van der Waals surface area (Å²) in [5.74, 6) is 1.37. The zero-order valence-electron chi connectivity index (χ0n) is 13.7. The Labute approximate surface area is 136 Å². The summed E-state index contributed by atoms with van der Waals surface area (Å²) < 4.78 is 5.41. The molecule has 0 aliphatic carbocycles. The van der Waals surface area contributed by atoms with Crippen molar-refractivity contribution in [3.05, 3.63) is 11.8 Å². The number of carbonyl (C=O) groups excluding carboxylic acids is 1. The fraction of sp³-hybridized carbons (Fsp3) is 0.688. The maximum Gasteiger partial charge on any atom is 0.227 e. The van der Waals surface area contributed by atoms with Crippen LogP contribution in [0.2, 0.25) is 0 Å². The molecular weight excluding hydrogens is 294 g/mol. The Hall–Kier alpha value is -1.89. The first-order valence-electron chi connectivity index (χ1n) is 8.42. The molecule has 126 valence electrons. The van der Waals surface area contributed by atoms with Gasteiger partial charge < -0.3 is 20.3 Å². The average Bonchev–Trinajstić information content (AvgIpc) is 2.62. The lowest BCUT2D eigenvalue weighted by molar-refractivity contribution is -0.122. The average molecular weight is 319 g/mol. The van der Waals surface area contributed by atoms with E-state index in [-0.39, 0.29) is 11.8 Å². The van der Waals surface area contributed by atoms with Crippen molar-refractivity contribution >= 4 is 17.7 Å². The standard InChI is InChI=1S/C16H25N5O2/c1-2-13-10-14(21-5-3-4-12(11-21)15(17)22)19-16(18-13)20-6-8-23-9-7-20/h10,12H,2-9,11H2,1H3,(H2,17,22). The molecule has 0 saturated carbocycles. The number of carbonyl (C=O) groups is 1. The van der Waals surface area contributed by atoms with E-state index in [0.717, 1.165) is 56.4 Å². The highest BCUT2D eigenvalue weighted by atomic mass is 16.5. The van der Waals surface area contributed by atoms with Gasteiger partial charge in [-0.25, -0.2) is 4.98 Å². The summed E-state index contributed by atoms with van der Waals surface area (Å²) in [6.07, 6.45) is 2.69. The van der Waals surface area contributed by atoms with E-state index in [9.17, 15) is 4.79 Å². The van der Waals surface area contributed by atoms with Crippen molar-refractivity contribution in [2.75, 3.05) is 49.2 Å². The number of piperidine rings is 1. The molecule has 0 spiro atoms. The first-order chi connectivity index (χ1) is 11.2. The Morgan fingerprint density at radius 1 is 1.30 bits per heavy atom. The SMILES string of the molecule is CCc1cc(N2CCCC(C(N)=O)C2)nc(N2CCOCC2)n1. The van der Waals surface area contributed by atoms with Gasteiger partial charge >= 0.3 is 0 Å². The summed E-state index contributed by atoms with van der Waals surface area (Å²) in [5.41, 5.74) is 6.52. The normalized spacial score (nSPS) is 22.2. The number of aromatic nitrogens is 2. The van der Waals surface area contributed by atoms with Crippen LogP contribution in [0.3, 0.4) is 0 Å². The number of amides is 1. The summed E-state index contributed by atoms with van der Waals surface area (Å²) in [5, 5.41) is 0. The van der Waals surface area contributed by atoms with E-state index in [1.807, 2.05) is 6.07 Å². The fourth-order valence-electron chi connectivity index (χ4n) is 3.13. The molecule has 1 atom stereocenters. The van der Waals surface area contributed by atoms with Crippen LogP contribution in [0.5, 0.6) is 0 Å². The lowest BCUT2D eigenvalue weighted by Gasteiger charge is -2.33. The third-order valence-corrected chi connectivity index (χ3v) is 4.56. The monoisotopic (exact) mass is 319 g/mol. The van der Waals surface area contributed by atoms with Crippen LogP contribution in [0, 0.1) is 5.92 Å². The van der Waals surface area contributed by atoms with E-state index in [2.05, 4.69) is 21.7 Å². The smallest absolute Gasteiger partial charge is 0.227 e. The van der Waals surface area contributed by atoms with E-state index in [1.165, 1.54) is 0 Å². The van der Waals surface area contributed by atoms with E-state index < -0.39 is 0 Å². The second kappa shape index (κ2) is 7.12. The van der Waals surface area contributed by atoms with Crippen LogP contribution in [0.25, 0.3) is 0 Å². The zero-order chi connectivity index (χ0) is 16.2. The lowest BCUT2D eigenvalue weighted by atomic mass is 9.97. The number of ether oxygens (including phenoxy) is 1. The summed E-state index contributed by atoms with van der Waals surface area (Å²) in [7, 11) is 0. The van der Waals surface area contributed by atoms with Crippen LogP contribution in [0.1, 0.15) is 25.5 Å². The number of nitrogens with zero attached hydrogens (tertiary/aromatic N) is 4. The molecule has 2 fully saturated rings. The van der Waals surface area contributed by atoms with Crippen LogP contribution in [-0.2, 0) is 16.0 Å². The number of hydrogen-bond acceptors (Lipinski definition) is 6. The van der Waals surface area contributed by atoms with Crippen molar-refractivity contribution < 1.29 is 9.53 Å². The largest absolute Gasteiger partial charge is 0.378 e. The van der Waals surface area contributed by atoms with Gasteiger partial charge in [-0.2, -0.15) is 4.98 Å². The van der Waals surface area contributed by atoms with Gasteiger partial charge in [0.25, 0.3) is 0 Å². The molecule has 3 heterocycles.